The van der Waals surface area contributed by atoms with Gasteiger partial charge in [0.2, 0.25) is 5.91 Å². The maximum Gasteiger partial charge on any atom is 0.414 e. The smallest absolute Gasteiger partial charge is 0.414 e. The first-order valence-corrected chi connectivity index (χ1v) is 10.0. The quantitative estimate of drug-likeness (QED) is 0.631. The van der Waals surface area contributed by atoms with Gasteiger partial charge in [-0.2, -0.15) is 0 Å². The number of hydrogen-bond donors (Lipinski definition) is 1. The molecular formula is C22H22FN5O3. The molecule has 0 aliphatic carbocycles. The molecule has 0 bridgehead atoms. The molecule has 0 radical (unpaired) electrons. The van der Waals surface area contributed by atoms with Crippen molar-refractivity contribution in [1.82, 2.24) is 20.3 Å². The molecule has 3 aromatic rings. The molecule has 4 rings (SSSR count). The average molecular weight is 423 g/mol. The van der Waals surface area contributed by atoms with Gasteiger partial charge in [-0.25, -0.2) is 13.9 Å². The van der Waals surface area contributed by atoms with Crippen LogP contribution < -0.4 is 10.2 Å². The first-order valence-electron chi connectivity index (χ1n) is 10.0. The summed E-state index contributed by atoms with van der Waals surface area (Å²) in [5, 5.41) is 10.2. The summed E-state index contributed by atoms with van der Waals surface area (Å²) in [4.78, 5) is 25.4. The van der Waals surface area contributed by atoms with Gasteiger partial charge in [-0.15, -0.1) is 5.10 Å². The van der Waals surface area contributed by atoms with E-state index in [0.29, 0.717) is 29.9 Å². The molecular weight excluding hydrogens is 401 g/mol. The third kappa shape index (κ3) is 4.71. The van der Waals surface area contributed by atoms with E-state index in [1.807, 2.05) is 19.1 Å². The first kappa shape index (κ1) is 20.5. The number of anilines is 1. The minimum absolute atomic E-state index is 0.0964. The number of halogens is 1. The summed E-state index contributed by atoms with van der Waals surface area (Å²) in [7, 11) is 0. The van der Waals surface area contributed by atoms with Gasteiger partial charge in [-0.1, -0.05) is 36.4 Å². The fraction of sp³-hybridized carbons (Fsp3) is 0.273. The Morgan fingerprint density at radius 1 is 1.26 bits per heavy atom. The zero-order valence-corrected chi connectivity index (χ0v) is 17.0. The Morgan fingerprint density at radius 2 is 2.06 bits per heavy atom. The molecule has 1 aromatic heterocycles. The van der Waals surface area contributed by atoms with E-state index in [0.717, 1.165) is 12.0 Å². The lowest BCUT2D eigenvalue weighted by molar-refractivity contribution is -0.122. The van der Waals surface area contributed by atoms with Crippen LogP contribution in [0.25, 0.3) is 11.1 Å². The predicted octanol–water partition coefficient (Wildman–Crippen LogP) is 3.14. The maximum absolute atomic E-state index is 14.8. The van der Waals surface area contributed by atoms with Crippen molar-refractivity contribution in [3.63, 3.8) is 0 Å². The standard InChI is InChI=1S/C22H22FN5O3/c1-2-18-13-28(22(30)31-18)17-7-8-19(20(23)11-17)16-5-3-15(4-6-16)12-24-21(29)14-27-10-9-25-26-27/h3-11,18H,2,12-14H2,1H3,(H,24,29)/t18-/m0/s1. The zero-order chi connectivity index (χ0) is 21.8. The molecule has 1 atom stereocenters. The molecule has 0 spiro atoms. The highest BCUT2D eigenvalue weighted by atomic mass is 19.1. The molecule has 0 unspecified atom stereocenters. The number of hydrogen-bond acceptors (Lipinski definition) is 5. The van der Waals surface area contributed by atoms with Gasteiger partial charge in [0.25, 0.3) is 0 Å². The predicted molar refractivity (Wildman–Crippen MR) is 112 cm³/mol. The van der Waals surface area contributed by atoms with Crippen LogP contribution in [0.3, 0.4) is 0 Å². The van der Waals surface area contributed by atoms with E-state index in [2.05, 4.69) is 15.6 Å². The SMILES string of the molecule is CC[C@H]1CN(c2ccc(-c3ccc(CNC(=O)Cn4ccnn4)cc3)c(F)c2)C(=O)O1. The Morgan fingerprint density at radius 3 is 2.71 bits per heavy atom. The van der Waals surface area contributed by atoms with Crippen LogP contribution >= 0.6 is 0 Å². The number of rotatable bonds is 7. The number of amides is 2. The van der Waals surface area contributed by atoms with Crippen LogP contribution in [0.5, 0.6) is 0 Å². The van der Waals surface area contributed by atoms with Crippen molar-refractivity contribution in [2.75, 3.05) is 11.4 Å². The number of nitrogens with one attached hydrogen (secondary N) is 1. The number of ether oxygens (including phenoxy) is 1. The van der Waals surface area contributed by atoms with Crippen molar-refractivity contribution in [2.24, 2.45) is 0 Å². The topological polar surface area (TPSA) is 89.4 Å². The number of nitrogens with zero attached hydrogens (tertiary/aromatic N) is 4. The Hall–Kier alpha value is -3.75. The van der Waals surface area contributed by atoms with Gasteiger partial charge in [0.15, 0.2) is 0 Å². The summed E-state index contributed by atoms with van der Waals surface area (Å²) in [6, 6.07) is 12.0. The molecule has 1 aliphatic heterocycles. The van der Waals surface area contributed by atoms with Crippen LogP contribution in [-0.4, -0.2) is 39.6 Å². The van der Waals surface area contributed by atoms with E-state index in [1.165, 1.54) is 21.8 Å². The van der Waals surface area contributed by atoms with Crippen LogP contribution in [0.15, 0.2) is 54.9 Å². The monoisotopic (exact) mass is 423 g/mol. The van der Waals surface area contributed by atoms with Crippen LogP contribution in [0.1, 0.15) is 18.9 Å². The minimum atomic E-state index is -0.450. The van der Waals surface area contributed by atoms with Gasteiger partial charge in [0.1, 0.15) is 18.5 Å². The molecule has 160 valence electrons. The lowest BCUT2D eigenvalue weighted by Crippen LogP contribution is -2.27. The Labute approximate surface area is 178 Å². The van der Waals surface area contributed by atoms with Gasteiger partial charge in [-0.3, -0.25) is 9.69 Å². The van der Waals surface area contributed by atoms with Crippen molar-refractivity contribution < 1.29 is 18.7 Å². The van der Waals surface area contributed by atoms with Gasteiger partial charge < -0.3 is 10.1 Å². The number of carbonyl (C=O) groups excluding carboxylic acids is 2. The third-order valence-corrected chi connectivity index (χ3v) is 5.13. The number of aromatic nitrogens is 3. The second-order valence-electron chi connectivity index (χ2n) is 7.26. The van der Waals surface area contributed by atoms with E-state index in [-0.39, 0.29) is 18.6 Å². The fourth-order valence-electron chi connectivity index (χ4n) is 3.37. The van der Waals surface area contributed by atoms with Crippen LogP contribution in [0, 0.1) is 5.82 Å². The second-order valence-corrected chi connectivity index (χ2v) is 7.26. The molecule has 2 aromatic carbocycles. The molecule has 1 fully saturated rings. The highest BCUT2D eigenvalue weighted by molar-refractivity contribution is 5.90. The number of cyclic esters (lactones) is 1. The van der Waals surface area contributed by atoms with E-state index >= 15 is 0 Å². The zero-order valence-electron chi connectivity index (χ0n) is 17.0. The van der Waals surface area contributed by atoms with Gasteiger partial charge in [-0.05, 0) is 35.7 Å². The highest BCUT2D eigenvalue weighted by Crippen LogP contribution is 2.29. The Kier molecular flexibility index (Phi) is 5.92. The molecule has 2 heterocycles. The van der Waals surface area contributed by atoms with Crippen LogP contribution in [0.4, 0.5) is 14.9 Å². The Bertz CT molecular complexity index is 1070. The van der Waals surface area contributed by atoms with E-state index in [1.54, 1.807) is 30.5 Å². The number of benzene rings is 2. The highest BCUT2D eigenvalue weighted by Gasteiger charge is 2.31. The van der Waals surface area contributed by atoms with Gasteiger partial charge >= 0.3 is 6.09 Å². The van der Waals surface area contributed by atoms with Crippen LogP contribution in [-0.2, 0) is 22.6 Å². The number of carbonyl (C=O) groups is 2. The molecule has 8 nitrogen and oxygen atoms in total. The van der Waals surface area contributed by atoms with Crippen molar-refractivity contribution in [2.45, 2.75) is 32.5 Å². The molecule has 1 saturated heterocycles. The van der Waals surface area contributed by atoms with Crippen LogP contribution in [0.2, 0.25) is 0 Å². The normalized spacial score (nSPS) is 15.7. The molecule has 2 amide bonds. The summed E-state index contributed by atoms with van der Waals surface area (Å²) in [5.74, 6) is -0.596. The first-order chi connectivity index (χ1) is 15.0. The summed E-state index contributed by atoms with van der Waals surface area (Å²) in [5.41, 5.74) is 2.51. The lowest BCUT2D eigenvalue weighted by atomic mass is 10.0. The second kappa shape index (κ2) is 8.95. The summed E-state index contributed by atoms with van der Waals surface area (Å²) in [6.07, 6.45) is 3.23. The van der Waals surface area contributed by atoms with Crippen molar-refractivity contribution in [3.05, 3.63) is 66.2 Å². The van der Waals surface area contributed by atoms with Gasteiger partial charge in [0.05, 0.1) is 18.4 Å². The summed E-state index contributed by atoms with van der Waals surface area (Å²) < 4.78 is 21.5. The lowest BCUT2D eigenvalue weighted by Gasteiger charge is -2.14. The molecule has 1 N–H and O–H groups in total. The average Bonchev–Trinajstić information content (AvgIpc) is 3.42. The molecule has 31 heavy (non-hydrogen) atoms. The van der Waals surface area contributed by atoms with Crippen molar-refractivity contribution in [1.29, 1.82) is 0 Å². The fourth-order valence-corrected chi connectivity index (χ4v) is 3.37. The third-order valence-electron chi connectivity index (χ3n) is 5.13. The molecule has 0 saturated carbocycles. The van der Waals surface area contributed by atoms with E-state index in [9.17, 15) is 14.0 Å². The molecule has 9 heteroatoms. The maximum atomic E-state index is 14.8. The van der Waals surface area contributed by atoms with E-state index < -0.39 is 11.9 Å². The van der Waals surface area contributed by atoms with Crippen molar-refractivity contribution in [3.8, 4) is 11.1 Å². The summed E-state index contributed by atoms with van der Waals surface area (Å²) in [6.45, 7) is 2.81. The van der Waals surface area contributed by atoms with Crippen molar-refractivity contribution >= 4 is 17.7 Å². The largest absolute Gasteiger partial charge is 0.444 e. The van der Waals surface area contributed by atoms with E-state index in [4.69, 9.17) is 4.74 Å². The molecule has 1 aliphatic rings. The van der Waals surface area contributed by atoms with Gasteiger partial charge in [0, 0.05) is 18.3 Å². The minimum Gasteiger partial charge on any atom is -0.444 e. The summed E-state index contributed by atoms with van der Waals surface area (Å²) >= 11 is 0. The Balaban J connectivity index is 1.39.